The fourth-order valence-electron chi connectivity index (χ4n) is 3.01. The number of amides is 1. The number of ether oxygens (including phenoxy) is 1. The molecule has 25 heavy (non-hydrogen) atoms. The first-order chi connectivity index (χ1) is 12.1. The predicted octanol–water partition coefficient (Wildman–Crippen LogP) is 2.61. The van der Waals surface area contributed by atoms with Crippen molar-refractivity contribution >= 4 is 17.4 Å². The third-order valence-electron chi connectivity index (χ3n) is 4.50. The summed E-state index contributed by atoms with van der Waals surface area (Å²) in [5.41, 5.74) is 7.82. The molecular formula is C20H22N2O3. The minimum atomic E-state index is -0.572. The van der Waals surface area contributed by atoms with E-state index in [1.54, 1.807) is 36.4 Å². The van der Waals surface area contributed by atoms with Gasteiger partial charge in [-0.05, 0) is 30.9 Å². The lowest BCUT2D eigenvalue weighted by Gasteiger charge is -2.26. The highest BCUT2D eigenvalue weighted by Crippen LogP contribution is 2.20. The molecule has 0 bridgehead atoms. The smallest absolute Gasteiger partial charge is 0.241 e. The van der Waals surface area contributed by atoms with E-state index in [0.717, 1.165) is 12.8 Å². The minimum Gasteiger partial charge on any atom is -0.381 e. The zero-order valence-corrected chi connectivity index (χ0v) is 14.0. The minimum absolute atomic E-state index is 0.0783. The normalized spacial score (nSPS) is 16.2. The Morgan fingerprint density at radius 2 is 1.68 bits per heavy atom. The molecule has 2 aromatic rings. The number of carbonyl (C=O) groups excluding carboxylic acids is 2. The molecule has 130 valence electrons. The van der Waals surface area contributed by atoms with E-state index in [4.69, 9.17) is 10.5 Å². The number of ketones is 1. The molecular weight excluding hydrogens is 316 g/mol. The first kappa shape index (κ1) is 17.3. The van der Waals surface area contributed by atoms with Crippen molar-refractivity contribution in [2.24, 2.45) is 11.7 Å². The summed E-state index contributed by atoms with van der Waals surface area (Å²) in [4.78, 5) is 24.9. The zero-order chi connectivity index (χ0) is 17.6. The van der Waals surface area contributed by atoms with Crippen LogP contribution in [0.3, 0.4) is 0 Å². The number of nitrogens with one attached hydrogen (secondary N) is 1. The van der Waals surface area contributed by atoms with Crippen LogP contribution in [0.5, 0.6) is 0 Å². The fraction of sp³-hybridized carbons (Fsp3) is 0.300. The molecule has 5 nitrogen and oxygen atoms in total. The van der Waals surface area contributed by atoms with E-state index in [1.807, 2.05) is 18.2 Å². The Labute approximate surface area is 147 Å². The summed E-state index contributed by atoms with van der Waals surface area (Å²) in [6.07, 6.45) is 1.59. The molecule has 3 rings (SSSR count). The first-order valence-electron chi connectivity index (χ1n) is 8.49. The van der Waals surface area contributed by atoms with Gasteiger partial charge in [-0.2, -0.15) is 0 Å². The van der Waals surface area contributed by atoms with Crippen LogP contribution < -0.4 is 11.1 Å². The second-order valence-electron chi connectivity index (χ2n) is 6.24. The van der Waals surface area contributed by atoms with Crippen LogP contribution in [0.15, 0.2) is 54.6 Å². The molecule has 1 atom stereocenters. The van der Waals surface area contributed by atoms with Crippen molar-refractivity contribution in [3.8, 4) is 0 Å². The van der Waals surface area contributed by atoms with E-state index >= 15 is 0 Å². The molecule has 1 amide bonds. The number of hydrogen-bond acceptors (Lipinski definition) is 4. The Morgan fingerprint density at radius 1 is 1.00 bits per heavy atom. The largest absolute Gasteiger partial charge is 0.381 e. The van der Waals surface area contributed by atoms with Gasteiger partial charge in [0, 0.05) is 30.0 Å². The molecule has 1 saturated heterocycles. The predicted molar refractivity (Wildman–Crippen MR) is 96.5 cm³/mol. The molecule has 0 radical (unpaired) electrons. The Balaban J connectivity index is 1.69. The van der Waals surface area contributed by atoms with Crippen LogP contribution in [0.2, 0.25) is 0 Å². The zero-order valence-electron chi connectivity index (χ0n) is 14.0. The maximum Gasteiger partial charge on any atom is 0.241 e. The van der Waals surface area contributed by atoms with E-state index in [2.05, 4.69) is 5.32 Å². The summed E-state index contributed by atoms with van der Waals surface area (Å²) in [5.74, 6) is -0.176. The van der Waals surface area contributed by atoms with Crippen LogP contribution in [-0.2, 0) is 9.53 Å². The van der Waals surface area contributed by atoms with Gasteiger partial charge in [0.15, 0.2) is 5.78 Å². The van der Waals surface area contributed by atoms with Gasteiger partial charge in [0.25, 0.3) is 0 Å². The molecule has 1 unspecified atom stereocenters. The standard InChI is InChI=1S/C20H22N2O3/c21-18(14-9-11-25-12-10-14)20(24)22-17-8-4-7-16(13-17)19(23)15-5-2-1-3-6-15/h1-8,13-14,18H,9-12,21H2,(H,22,24). The summed E-state index contributed by atoms with van der Waals surface area (Å²) in [6, 6.07) is 15.4. The van der Waals surface area contributed by atoms with E-state index < -0.39 is 6.04 Å². The molecule has 2 aromatic carbocycles. The third kappa shape index (κ3) is 4.32. The van der Waals surface area contributed by atoms with Crippen molar-refractivity contribution in [1.82, 2.24) is 0 Å². The molecule has 0 aromatic heterocycles. The Kier molecular flexibility index (Phi) is 5.58. The highest BCUT2D eigenvalue weighted by atomic mass is 16.5. The first-order valence-corrected chi connectivity index (χ1v) is 8.49. The number of benzene rings is 2. The maximum atomic E-state index is 12.5. The van der Waals surface area contributed by atoms with Crippen LogP contribution in [-0.4, -0.2) is 30.9 Å². The van der Waals surface area contributed by atoms with E-state index in [1.165, 1.54) is 0 Å². The van der Waals surface area contributed by atoms with E-state index in [-0.39, 0.29) is 17.6 Å². The van der Waals surface area contributed by atoms with Gasteiger partial charge in [-0.15, -0.1) is 0 Å². The number of carbonyl (C=O) groups is 2. The monoisotopic (exact) mass is 338 g/mol. The number of anilines is 1. The average molecular weight is 338 g/mol. The molecule has 5 heteroatoms. The second kappa shape index (κ2) is 8.05. The van der Waals surface area contributed by atoms with E-state index in [0.29, 0.717) is 30.0 Å². The van der Waals surface area contributed by atoms with Crippen LogP contribution in [0.4, 0.5) is 5.69 Å². The molecule has 1 fully saturated rings. The van der Waals surface area contributed by atoms with E-state index in [9.17, 15) is 9.59 Å². The molecule has 3 N–H and O–H groups in total. The SMILES string of the molecule is NC(C(=O)Nc1cccc(C(=O)c2ccccc2)c1)C1CCOCC1. The van der Waals surface area contributed by atoms with Crippen molar-refractivity contribution in [3.05, 3.63) is 65.7 Å². The summed E-state index contributed by atoms with van der Waals surface area (Å²) < 4.78 is 5.31. The Bertz CT molecular complexity index is 740. The van der Waals surface area contributed by atoms with Crippen molar-refractivity contribution in [2.45, 2.75) is 18.9 Å². The Morgan fingerprint density at radius 3 is 2.40 bits per heavy atom. The van der Waals surface area contributed by atoms with Gasteiger partial charge in [0.1, 0.15) is 0 Å². The maximum absolute atomic E-state index is 12.5. The van der Waals surface area contributed by atoms with Crippen LogP contribution in [0.1, 0.15) is 28.8 Å². The van der Waals surface area contributed by atoms with Gasteiger partial charge < -0.3 is 15.8 Å². The van der Waals surface area contributed by atoms with Crippen molar-refractivity contribution in [1.29, 1.82) is 0 Å². The fourth-order valence-corrected chi connectivity index (χ4v) is 3.01. The highest BCUT2D eigenvalue weighted by Gasteiger charge is 2.26. The summed E-state index contributed by atoms with van der Waals surface area (Å²) in [5, 5.41) is 2.83. The molecule has 0 aliphatic carbocycles. The number of nitrogens with two attached hydrogens (primary N) is 1. The molecule has 0 spiro atoms. The molecule has 1 heterocycles. The van der Waals surface area contributed by atoms with Crippen molar-refractivity contribution in [3.63, 3.8) is 0 Å². The van der Waals surface area contributed by atoms with Gasteiger partial charge in [-0.3, -0.25) is 9.59 Å². The summed E-state index contributed by atoms with van der Waals surface area (Å²) >= 11 is 0. The average Bonchev–Trinajstić information content (AvgIpc) is 2.68. The topological polar surface area (TPSA) is 81.4 Å². The van der Waals surface area contributed by atoms with Crippen LogP contribution in [0, 0.1) is 5.92 Å². The molecule has 1 aliphatic heterocycles. The van der Waals surface area contributed by atoms with Gasteiger partial charge in [-0.1, -0.05) is 42.5 Å². The third-order valence-corrected chi connectivity index (χ3v) is 4.50. The molecule has 1 aliphatic rings. The highest BCUT2D eigenvalue weighted by molar-refractivity contribution is 6.09. The molecule has 0 saturated carbocycles. The quantitative estimate of drug-likeness (QED) is 0.821. The van der Waals surface area contributed by atoms with Gasteiger partial charge in [0.2, 0.25) is 5.91 Å². The van der Waals surface area contributed by atoms with Gasteiger partial charge in [0.05, 0.1) is 6.04 Å². The lowest BCUT2D eigenvalue weighted by atomic mass is 9.92. The van der Waals surface area contributed by atoms with Crippen molar-refractivity contribution < 1.29 is 14.3 Å². The number of rotatable bonds is 5. The van der Waals surface area contributed by atoms with Crippen LogP contribution in [0.25, 0.3) is 0 Å². The lowest BCUT2D eigenvalue weighted by Crippen LogP contribution is -2.44. The summed E-state index contributed by atoms with van der Waals surface area (Å²) in [7, 11) is 0. The number of hydrogen-bond donors (Lipinski definition) is 2. The lowest BCUT2D eigenvalue weighted by molar-refractivity contribution is -0.119. The Hall–Kier alpha value is -2.50. The second-order valence-corrected chi connectivity index (χ2v) is 6.24. The van der Waals surface area contributed by atoms with Crippen LogP contribution >= 0.6 is 0 Å². The summed E-state index contributed by atoms with van der Waals surface area (Å²) in [6.45, 7) is 1.29. The van der Waals surface area contributed by atoms with Gasteiger partial charge >= 0.3 is 0 Å². The van der Waals surface area contributed by atoms with Gasteiger partial charge in [-0.25, -0.2) is 0 Å². The van der Waals surface area contributed by atoms with Crippen molar-refractivity contribution in [2.75, 3.05) is 18.5 Å².